The van der Waals surface area contributed by atoms with Crippen molar-refractivity contribution in [2.45, 2.75) is 0 Å². The highest BCUT2D eigenvalue weighted by Crippen LogP contribution is 1.92. The van der Waals surface area contributed by atoms with Crippen LogP contribution in [0, 0.1) is 0 Å². The summed E-state index contributed by atoms with van der Waals surface area (Å²) in [6.45, 7) is 2.34. The number of carboxylic acids is 1. The van der Waals surface area contributed by atoms with Gasteiger partial charge in [-0.2, -0.15) is 0 Å². The molecule has 1 amide bonds. The number of rotatable bonds is 0. The number of nitrogens with one attached hydrogen (secondary N) is 1. The third-order valence-corrected chi connectivity index (χ3v) is 1.59. The van der Waals surface area contributed by atoms with Crippen LogP contribution in [0.5, 0.6) is 0 Å². The number of halogens is 1. The maximum atomic E-state index is 10.8. The van der Waals surface area contributed by atoms with Crippen LogP contribution in [-0.4, -0.2) is 48.1 Å². The van der Waals surface area contributed by atoms with Crippen molar-refractivity contribution in [3.05, 3.63) is 0 Å². The lowest BCUT2D eigenvalue weighted by Crippen LogP contribution is -2.48. The van der Waals surface area contributed by atoms with Gasteiger partial charge in [0.2, 0.25) is 0 Å². The Kier molecular flexibility index (Phi) is 4.61. The summed E-state index contributed by atoms with van der Waals surface area (Å²) in [5.74, 6) is -2.17. The molecule has 12 heavy (non-hydrogen) atoms. The molecule has 1 aliphatic rings. The van der Waals surface area contributed by atoms with Gasteiger partial charge in [0.1, 0.15) is 0 Å². The van der Waals surface area contributed by atoms with Crippen LogP contribution in [0.15, 0.2) is 0 Å². The predicted octanol–water partition coefficient (Wildman–Crippen LogP) is -1.08. The monoisotopic (exact) mass is 194 g/mol. The molecule has 6 heteroatoms. The van der Waals surface area contributed by atoms with Gasteiger partial charge in [0.25, 0.3) is 0 Å². The van der Waals surface area contributed by atoms with Gasteiger partial charge in [0, 0.05) is 26.2 Å². The molecule has 0 spiro atoms. The van der Waals surface area contributed by atoms with E-state index in [9.17, 15) is 9.59 Å². The second-order valence-corrected chi connectivity index (χ2v) is 2.35. The fraction of sp³-hybridized carbons (Fsp3) is 0.667. The minimum atomic E-state index is -1.37. The highest BCUT2D eigenvalue weighted by Gasteiger charge is 2.21. The summed E-state index contributed by atoms with van der Waals surface area (Å²) in [5.41, 5.74) is 0. The first-order valence-electron chi connectivity index (χ1n) is 3.45. The highest BCUT2D eigenvalue weighted by atomic mass is 35.5. The number of piperazine rings is 1. The van der Waals surface area contributed by atoms with Crippen molar-refractivity contribution in [1.29, 1.82) is 0 Å². The van der Waals surface area contributed by atoms with E-state index in [-0.39, 0.29) is 12.4 Å². The Labute approximate surface area is 76.1 Å². The standard InChI is InChI=1S/C6H10N2O3.ClH/c9-5(6(10)11)8-3-1-7-2-4-8;/h7H,1-4H2,(H,10,11);1H. The van der Waals surface area contributed by atoms with Crippen LogP contribution in [0.3, 0.4) is 0 Å². The summed E-state index contributed by atoms with van der Waals surface area (Å²) >= 11 is 0. The van der Waals surface area contributed by atoms with Crippen LogP contribution in [-0.2, 0) is 9.59 Å². The number of aliphatic carboxylic acids is 1. The Bertz CT molecular complexity index is 180. The van der Waals surface area contributed by atoms with E-state index in [1.807, 2.05) is 0 Å². The lowest BCUT2D eigenvalue weighted by Gasteiger charge is -2.25. The van der Waals surface area contributed by atoms with Crippen LogP contribution < -0.4 is 5.32 Å². The highest BCUT2D eigenvalue weighted by molar-refractivity contribution is 6.31. The Morgan fingerprint density at radius 1 is 1.25 bits per heavy atom. The fourth-order valence-corrected chi connectivity index (χ4v) is 1.00. The Hall–Kier alpha value is -0.810. The van der Waals surface area contributed by atoms with Crippen LogP contribution >= 0.6 is 12.4 Å². The lowest BCUT2D eigenvalue weighted by atomic mass is 10.3. The quantitative estimate of drug-likeness (QED) is 0.482. The summed E-state index contributed by atoms with van der Waals surface area (Å²) in [7, 11) is 0. The molecule has 1 saturated heterocycles. The third kappa shape index (κ3) is 2.67. The van der Waals surface area contributed by atoms with Crippen LogP contribution in [0.25, 0.3) is 0 Å². The van der Waals surface area contributed by atoms with E-state index in [2.05, 4.69) is 5.32 Å². The van der Waals surface area contributed by atoms with Crippen molar-refractivity contribution in [2.24, 2.45) is 0 Å². The molecule has 70 valence electrons. The number of hydrogen-bond donors (Lipinski definition) is 2. The molecule has 0 aromatic rings. The van der Waals surface area contributed by atoms with E-state index < -0.39 is 11.9 Å². The molecule has 0 aromatic carbocycles. The van der Waals surface area contributed by atoms with Crippen LogP contribution in [0.4, 0.5) is 0 Å². The molecule has 0 atom stereocenters. The minimum absolute atomic E-state index is 0. The summed E-state index contributed by atoms with van der Waals surface area (Å²) in [6.07, 6.45) is 0. The smallest absolute Gasteiger partial charge is 0.394 e. The Morgan fingerprint density at radius 3 is 2.17 bits per heavy atom. The fourth-order valence-electron chi connectivity index (χ4n) is 1.00. The van der Waals surface area contributed by atoms with E-state index in [0.717, 1.165) is 0 Å². The van der Waals surface area contributed by atoms with Crippen molar-refractivity contribution in [2.75, 3.05) is 26.2 Å². The van der Waals surface area contributed by atoms with Crippen molar-refractivity contribution >= 4 is 24.3 Å². The molecule has 1 fully saturated rings. The van der Waals surface area contributed by atoms with Crippen molar-refractivity contribution < 1.29 is 14.7 Å². The Morgan fingerprint density at radius 2 is 1.75 bits per heavy atom. The maximum absolute atomic E-state index is 10.8. The average molecular weight is 195 g/mol. The molecule has 1 rings (SSSR count). The van der Waals surface area contributed by atoms with E-state index in [1.165, 1.54) is 4.90 Å². The predicted molar refractivity (Wildman–Crippen MR) is 44.3 cm³/mol. The zero-order chi connectivity index (χ0) is 8.27. The first kappa shape index (κ1) is 11.2. The SMILES string of the molecule is Cl.O=C(O)C(=O)N1CCNCC1. The van der Waals surface area contributed by atoms with Crippen molar-refractivity contribution in [1.82, 2.24) is 10.2 Å². The van der Waals surface area contributed by atoms with Gasteiger partial charge in [-0.25, -0.2) is 4.79 Å². The largest absolute Gasteiger partial charge is 0.474 e. The van der Waals surface area contributed by atoms with Gasteiger partial charge < -0.3 is 15.3 Å². The topological polar surface area (TPSA) is 69.6 Å². The second-order valence-electron chi connectivity index (χ2n) is 2.35. The van der Waals surface area contributed by atoms with Crippen molar-refractivity contribution in [3.8, 4) is 0 Å². The van der Waals surface area contributed by atoms with Gasteiger partial charge in [0.05, 0.1) is 0 Å². The number of carbonyl (C=O) groups excluding carboxylic acids is 1. The zero-order valence-electron chi connectivity index (χ0n) is 6.45. The van der Waals surface area contributed by atoms with Gasteiger partial charge >= 0.3 is 11.9 Å². The molecule has 5 nitrogen and oxygen atoms in total. The van der Waals surface area contributed by atoms with Crippen molar-refractivity contribution in [3.63, 3.8) is 0 Å². The average Bonchev–Trinajstić information content (AvgIpc) is 2.05. The number of hydrogen-bond acceptors (Lipinski definition) is 3. The minimum Gasteiger partial charge on any atom is -0.474 e. The maximum Gasteiger partial charge on any atom is 0.394 e. The summed E-state index contributed by atoms with van der Waals surface area (Å²) < 4.78 is 0. The summed E-state index contributed by atoms with van der Waals surface area (Å²) in [4.78, 5) is 22.3. The summed E-state index contributed by atoms with van der Waals surface area (Å²) in [6, 6.07) is 0. The molecule has 1 heterocycles. The van der Waals surface area contributed by atoms with Gasteiger partial charge in [-0.15, -0.1) is 12.4 Å². The molecule has 0 unspecified atom stereocenters. The molecule has 0 radical (unpaired) electrons. The molecule has 1 aliphatic heterocycles. The Balaban J connectivity index is 0.00000121. The van der Waals surface area contributed by atoms with Gasteiger partial charge in [-0.1, -0.05) is 0 Å². The normalized spacial score (nSPS) is 16.5. The van der Waals surface area contributed by atoms with E-state index in [4.69, 9.17) is 5.11 Å². The van der Waals surface area contributed by atoms with E-state index in [1.54, 1.807) is 0 Å². The molecular formula is C6H11ClN2O3. The van der Waals surface area contributed by atoms with Crippen LogP contribution in [0.2, 0.25) is 0 Å². The van der Waals surface area contributed by atoms with Gasteiger partial charge in [-0.05, 0) is 0 Å². The molecule has 0 aromatic heterocycles. The first-order valence-corrected chi connectivity index (χ1v) is 3.45. The molecule has 0 aliphatic carbocycles. The zero-order valence-corrected chi connectivity index (χ0v) is 7.26. The number of nitrogens with zero attached hydrogens (tertiary/aromatic N) is 1. The molecule has 0 bridgehead atoms. The third-order valence-electron chi connectivity index (χ3n) is 1.59. The van der Waals surface area contributed by atoms with Gasteiger partial charge in [-0.3, -0.25) is 4.79 Å². The summed E-state index contributed by atoms with van der Waals surface area (Å²) in [5, 5.41) is 11.3. The van der Waals surface area contributed by atoms with E-state index >= 15 is 0 Å². The van der Waals surface area contributed by atoms with E-state index in [0.29, 0.717) is 26.2 Å². The first-order chi connectivity index (χ1) is 5.22. The van der Waals surface area contributed by atoms with Crippen LogP contribution in [0.1, 0.15) is 0 Å². The number of amides is 1. The lowest BCUT2D eigenvalue weighted by molar-refractivity contribution is -0.156. The molecule has 0 saturated carbocycles. The molecule has 2 N–H and O–H groups in total. The second kappa shape index (κ2) is 4.95. The molecular weight excluding hydrogens is 184 g/mol. The van der Waals surface area contributed by atoms with Gasteiger partial charge in [0.15, 0.2) is 0 Å². The number of carbonyl (C=O) groups is 2. The number of carboxylic acid groups (broad SMARTS) is 1.